The van der Waals surface area contributed by atoms with Crippen LogP contribution in [0.1, 0.15) is 16.1 Å². The molecule has 0 aliphatic heterocycles. The van der Waals surface area contributed by atoms with Crippen molar-refractivity contribution in [3.63, 3.8) is 0 Å². The van der Waals surface area contributed by atoms with E-state index in [9.17, 15) is 9.90 Å². The molecule has 0 unspecified atom stereocenters. The van der Waals surface area contributed by atoms with Crippen molar-refractivity contribution in [3.05, 3.63) is 53.8 Å². The Morgan fingerprint density at radius 3 is 2.41 bits per heavy atom. The Morgan fingerprint density at radius 2 is 1.77 bits per heavy atom. The first-order valence-electron chi connectivity index (χ1n) is 6.61. The smallest absolute Gasteiger partial charge is 0.228 e. The molecule has 5 heteroatoms. The Bertz CT molecular complexity index is 830. The van der Waals surface area contributed by atoms with E-state index in [4.69, 9.17) is 13.9 Å². The third kappa shape index (κ3) is 2.37. The van der Waals surface area contributed by atoms with Gasteiger partial charge in [-0.15, -0.1) is 0 Å². The van der Waals surface area contributed by atoms with E-state index < -0.39 is 0 Å². The molecular weight excluding hydrogens is 284 g/mol. The monoisotopic (exact) mass is 298 g/mol. The standard InChI is InChI=1S/C17H14O5/c1-20-12-5-3-10(4-6-12)17(19)16-8-11-7-13(18)15(21-2)9-14(11)22-16/h3-9,18H,1-2H3. The second-order valence-corrected chi connectivity index (χ2v) is 4.73. The van der Waals surface area contributed by atoms with Crippen molar-refractivity contribution in [1.29, 1.82) is 0 Å². The van der Waals surface area contributed by atoms with E-state index in [-0.39, 0.29) is 17.3 Å². The Kier molecular flexibility index (Phi) is 3.47. The first-order valence-corrected chi connectivity index (χ1v) is 6.61. The number of phenols is 1. The number of aromatic hydroxyl groups is 1. The summed E-state index contributed by atoms with van der Waals surface area (Å²) in [6.45, 7) is 0. The fraction of sp³-hybridized carbons (Fsp3) is 0.118. The molecule has 0 fully saturated rings. The third-order valence-corrected chi connectivity index (χ3v) is 3.39. The van der Waals surface area contributed by atoms with Gasteiger partial charge < -0.3 is 19.0 Å². The zero-order valence-corrected chi connectivity index (χ0v) is 12.1. The summed E-state index contributed by atoms with van der Waals surface area (Å²) in [6.07, 6.45) is 0. The van der Waals surface area contributed by atoms with Gasteiger partial charge in [0, 0.05) is 17.0 Å². The maximum Gasteiger partial charge on any atom is 0.228 e. The molecule has 0 bridgehead atoms. The number of phenolic OH excluding ortho intramolecular Hbond substituents is 1. The van der Waals surface area contributed by atoms with Crippen LogP contribution in [0.15, 0.2) is 46.9 Å². The van der Waals surface area contributed by atoms with Crippen LogP contribution < -0.4 is 9.47 Å². The molecule has 2 aromatic carbocycles. The van der Waals surface area contributed by atoms with Crippen molar-refractivity contribution in [3.8, 4) is 17.2 Å². The predicted octanol–water partition coefficient (Wildman–Crippen LogP) is 3.39. The average Bonchev–Trinajstić information content (AvgIpc) is 2.96. The summed E-state index contributed by atoms with van der Waals surface area (Å²) in [5, 5.41) is 10.4. The van der Waals surface area contributed by atoms with Gasteiger partial charge in [-0.1, -0.05) is 0 Å². The third-order valence-electron chi connectivity index (χ3n) is 3.39. The van der Waals surface area contributed by atoms with Gasteiger partial charge in [0.15, 0.2) is 17.3 Å². The summed E-state index contributed by atoms with van der Waals surface area (Å²) < 4.78 is 15.7. The summed E-state index contributed by atoms with van der Waals surface area (Å²) in [6, 6.07) is 11.4. The number of carbonyl (C=O) groups excluding carboxylic acids is 1. The van der Waals surface area contributed by atoms with E-state index in [1.54, 1.807) is 43.5 Å². The molecule has 0 atom stereocenters. The first kappa shape index (κ1) is 14.0. The molecule has 0 aliphatic rings. The maximum absolute atomic E-state index is 12.4. The van der Waals surface area contributed by atoms with Gasteiger partial charge >= 0.3 is 0 Å². The lowest BCUT2D eigenvalue weighted by molar-refractivity contribution is 0.101. The minimum Gasteiger partial charge on any atom is -0.504 e. The topological polar surface area (TPSA) is 68.9 Å². The fourth-order valence-corrected chi connectivity index (χ4v) is 2.22. The van der Waals surface area contributed by atoms with Crippen molar-refractivity contribution >= 4 is 16.8 Å². The largest absolute Gasteiger partial charge is 0.504 e. The number of furan rings is 1. The van der Waals surface area contributed by atoms with Crippen LogP contribution in [-0.4, -0.2) is 25.1 Å². The molecule has 0 saturated heterocycles. The highest BCUT2D eigenvalue weighted by Crippen LogP contribution is 2.33. The highest BCUT2D eigenvalue weighted by molar-refractivity contribution is 6.09. The van der Waals surface area contributed by atoms with Crippen LogP contribution in [0.5, 0.6) is 17.2 Å². The Morgan fingerprint density at radius 1 is 1.05 bits per heavy atom. The number of hydrogen-bond donors (Lipinski definition) is 1. The average molecular weight is 298 g/mol. The van der Waals surface area contributed by atoms with Crippen LogP contribution >= 0.6 is 0 Å². The number of benzene rings is 2. The highest BCUT2D eigenvalue weighted by atomic mass is 16.5. The van der Waals surface area contributed by atoms with Crippen LogP contribution in [0.2, 0.25) is 0 Å². The van der Waals surface area contributed by atoms with E-state index >= 15 is 0 Å². The van der Waals surface area contributed by atoms with Crippen molar-refractivity contribution < 1.29 is 23.8 Å². The van der Waals surface area contributed by atoms with E-state index in [2.05, 4.69) is 0 Å². The van der Waals surface area contributed by atoms with Crippen molar-refractivity contribution in [2.75, 3.05) is 14.2 Å². The van der Waals surface area contributed by atoms with Gasteiger partial charge in [-0.3, -0.25) is 4.79 Å². The van der Waals surface area contributed by atoms with Crippen LogP contribution in [0.25, 0.3) is 11.0 Å². The molecule has 1 N–H and O–H groups in total. The summed E-state index contributed by atoms with van der Waals surface area (Å²) in [4.78, 5) is 12.4. The molecular formula is C17H14O5. The van der Waals surface area contributed by atoms with Crippen LogP contribution in [0.4, 0.5) is 0 Å². The number of ketones is 1. The minimum absolute atomic E-state index is 0.000698. The summed E-state index contributed by atoms with van der Waals surface area (Å²) in [5.74, 6) is 0.936. The molecule has 3 rings (SSSR count). The van der Waals surface area contributed by atoms with Gasteiger partial charge in [0.1, 0.15) is 11.3 Å². The molecule has 0 spiro atoms. The number of hydrogen-bond acceptors (Lipinski definition) is 5. The summed E-state index contributed by atoms with van der Waals surface area (Å²) in [7, 11) is 3.02. The molecule has 112 valence electrons. The van der Waals surface area contributed by atoms with Crippen LogP contribution in [0, 0.1) is 0 Å². The molecule has 0 amide bonds. The minimum atomic E-state index is -0.239. The number of ether oxygens (including phenoxy) is 2. The maximum atomic E-state index is 12.4. The number of fused-ring (bicyclic) bond motifs is 1. The summed E-state index contributed by atoms with van der Waals surface area (Å²) >= 11 is 0. The molecule has 0 saturated carbocycles. The zero-order chi connectivity index (χ0) is 15.7. The van der Waals surface area contributed by atoms with E-state index in [0.29, 0.717) is 28.0 Å². The fourth-order valence-electron chi connectivity index (χ4n) is 2.22. The molecule has 22 heavy (non-hydrogen) atoms. The molecule has 1 aromatic heterocycles. The lowest BCUT2D eigenvalue weighted by atomic mass is 10.1. The van der Waals surface area contributed by atoms with E-state index in [1.807, 2.05) is 0 Å². The van der Waals surface area contributed by atoms with Crippen LogP contribution in [-0.2, 0) is 0 Å². The molecule has 1 heterocycles. The number of carbonyl (C=O) groups is 1. The zero-order valence-electron chi connectivity index (χ0n) is 12.1. The molecule has 0 radical (unpaired) electrons. The quantitative estimate of drug-likeness (QED) is 0.748. The van der Waals surface area contributed by atoms with Crippen molar-refractivity contribution in [1.82, 2.24) is 0 Å². The first-order chi connectivity index (χ1) is 10.6. The highest BCUT2D eigenvalue weighted by Gasteiger charge is 2.16. The molecule has 5 nitrogen and oxygen atoms in total. The Balaban J connectivity index is 1.99. The van der Waals surface area contributed by atoms with Crippen LogP contribution in [0.3, 0.4) is 0 Å². The Hall–Kier alpha value is -2.95. The van der Waals surface area contributed by atoms with Crippen molar-refractivity contribution in [2.24, 2.45) is 0 Å². The van der Waals surface area contributed by atoms with E-state index in [1.165, 1.54) is 13.2 Å². The van der Waals surface area contributed by atoms with Gasteiger partial charge in [-0.05, 0) is 36.4 Å². The van der Waals surface area contributed by atoms with Gasteiger partial charge in [-0.25, -0.2) is 0 Å². The number of rotatable bonds is 4. The van der Waals surface area contributed by atoms with Gasteiger partial charge in [0.25, 0.3) is 0 Å². The van der Waals surface area contributed by atoms with Gasteiger partial charge in [-0.2, -0.15) is 0 Å². The lowest BCUT2D eigenvalue weighted by Crippen LogP contribution is -1.99. The molecule has 0 aliphatic carbocycles. The second kappa shape index (κ2) is 5.44. The summed E-state index contributed by atoms with van der Waals surface area (Å²) in [5.41, 5.74) is 0.975. The lowest BCUT2D eigenvalue weighted by Gasteiger charge is -2.01. The van der Waals surface area contributed by atoms with Crippen molar-refractivity contribution in [2.45, 2.75) is 0 Å². The normalized spacial score (nSPS) is 10.6. The second-order valence-electron chi connectivity index (χ2n) is 4.73. The Labute approximate surface area is 126 Å². The number of methoxy groups -OCH3 is 2. The SMILES string of the molecule is COc1ccc(C(=O)c2cc3cc(O)c(OC)cc3o2)cc1. The predicted molar refractivity (Wildman–Crippen MR) is 80.9 cm³/mol. The molecule has 3 aromatic rings. The van der Waals surface area contributed by atoms with Gasteiger partial charge in [0.05, 0.1) is 14.2 Å². The van der Waals surface area contributed by atoms with E-state index in [0.717, 1.165) is 0 Å². The van der Waals surface area contributed by atoms with Gasteiger partial charge in [0.2, 0.25) is 5.78 Å².